The molecule has 0 aromatic heterocycles. The monoisotopic (exact) mass is 395 g/mol. The molecule has 0 aliphatic carbocycles. The average Bonchev–Trinajstić information content (AvgIpc) is 3.11. The second kappa shape index (κ2) is 9.21. The lowest BCUT2D eigenvalue weighted by atomic mass is 9.91. The molecule has 2 amide bonds. The van der Waals surface area contributed by atoms with E-state index in [0.29, 0.717) is 12.1 Å². The van der Waals surface area contributed by atoms with Crippen molar-refractivity contribution in [2.24, 2.45) is 5.10 Å². The number of hydrogen-bond donors (Lipinski definition) is 1. The molecule has 154 valence electrons. The first kappa shape index (κ1) is 21.0. The van der Waals surface area contributed by atoms with Crippen molar-refractivity contribution in [3.8, 4) is 0 Å². The second-order valence-electron chi connectivity index (χ2n) is 8.33. The van der Waals surface area contributed by atoms with Gasteiger partial charge in [-0.3, -0.25) is 0 Å². The van der Waals surface area contributed by atoms with Crippen molar-refractivity contribution in [1.82, 2.24) is 10.3 Å². The van der Waals surface area contributed by atoms with E-state index in [1.54, 1.807) is 12.1 Å². The SMILES string of the molecule is CCCCC1=NN(C(=O)NC(C)(C)Cc2ccccc2)CC1c1ccccc1F. The van der Waals surface area contributed by atoms with E-state index in [4.69, 9.17) is 0 Å². The number of carbonyl (C=O) groups excluding carboxylic acids is 1. The summed E-state index contributed by atoms with van der Waals surface area (Å²) in [6.45, 7) is 6.49. The number of amides is 2. The Morgan fingerprint density at radius 3 is 2.55 bits per heavy atom. The van der Waals surface area contributed by atoms with Crippen LogP contribution in [0.2, 0.25) is 0 Å². The van der Waals surface area contributed by atoms with Crippen molar-refractivity contribution in [1.29, 1.82) is 0 Å². The van der Waals surface area contributed by atoms with Crippen LogP contribution in [0.5, 0.6) is 0 Å². The van der Waals surface area contributed by atoms with Crippen LogP contribution in [0.1, 0.15) is 57.1 Å². The minimum atomic E-state index is -0.423. The van der Waals surface area contributed by atoms with Crippen LogP contribution in [0.4, 0.5) is 9.18 Å². The first-order valence-electron chi connectivity index (χ1n) is 10.3. The number of urea groups is 1. The fourth-order valence-electron chi connectivity index (χ4n) is 3.79. The van der Waals surface area contributed by atoms with Gasteiger partial charge in [-0.2, -0.15) is 5.10 Å². The summed E-state index contributed by atoms with van der Waals surface area (Å²) in [5, 5.41) is 9.15. The highest BCUT2D eigenvalue weighted by Crippen LogP contribution is 2.29. The molecule has 1 aliphatic rings. The Kier molecular flexibility index (Phi) is 6.68. The van der Waals surface area contributed by atoms with Gasteiger partial charge in [-0.15, -0.1) is 0 Å². The molecule has 0 bridgehead atoms. The molecule has 3 rings (SSSR count). The molecular formula is C24H30FN3O. The van der Waals surface area contributed by atoms with Crippen molar-refractivity contribution < 1.29 is 9.18 Å². The van der Waals surface area contributed by atoms with E-state index in [9.17, 15) is 9.18 Å². The number of halogens is 1. The standard InChI is InChI=1S/C24H30FN3O/c1-4-5-15-22-20(19-13-9-10-14-21(19)25)17-28(27-22)23(29)26-24(2,3)16-18-11-7-6-8-12-18/h6-14,20H,4-5,15-17H2,1-3H3,(H,26,29). The van der Waals surface area contributed by atoms with Gasteiger partial charge in [0.25, 0.3) is 0 Å². The smallest absolute Gasteiger partial charge is 0.331 e. The van der Waals surface area contributed by atoms with E-state index >= 15 is 0 Å². The first-order chi connectivity index (χ1) is 13.9. The van der Waals surface area contributed by atoms with E-state index in [-0.39, 0.29) is 17.8 Å². The molecule has 4 nitrogen and oxygen atoms in total. The van der Waals surface area contributed by atoms with Crippen LogP contribution in [0.3, 0.4) is 0 Å². The van der Waals surface area contributed by atoms with E-state index in [0.717, 1.165) is 37.0 Å². The molecule has 1 atom stereocenters. The lowest BCUT2D eigenvalue weighted by molar-refractivity contribution is 0.192. The summed E-state index contributed by atoms with van der Waals surface area (Å²) in [7, 11) is 0. The fourth-order valence-corrected chi connectivity index (χ4v) is 3.79. The van der Waals surface area contributed by atoms with Gasteiger partial charge in [0.2, 0.25) is 0 Å². The Hall–Kier alpha value is -2.69. The predicted molar refractivity (Wildman–Crippen MR) is 116 cm³/mol. The van der Waals surface area contributed by atoms with Crippen LogP contribution in [-0.4, -0.2) is 28.8 Å². The van der Waals surface area contributed by atoms with Gasteiger partial charge < -0.3 is 5.32 Å². The van der Waals surface area contributed by atoms with Gasteiger partial charge in [0.15, 0.2) is 0 Å². The molecule has 2 aromatic rings. The zero-order valence-electron chi connectivity index (χ0n) is 17.5. The third kappa shape index (κ3) is 5.43. The lowest BCUT2D eigenvalue weighted by Crippen LogP contribution is -2.49. The summed E-state index contributed by atoms with van der Waals surface area (Å²) < 4.78 is 14.4. The summed E-state index contributed by atoms with van der Waals surface area (Å²) >= 11 is 0. The van der Waals surface area contributed by atoms with Gasteiger partial charge in [-0.1, -0.05) is 61.9 Å². The minimum Gasteiger partial charge on any atom is -0.331 e. The molecule has 5 heteroatoms. The van der Waals surface area contributed by atoms with Gasteiger partial charge in [-0.05, 0) is 50.3 Å². The first-order valence-corrected chi connectivity index (χ1v) is 10.3. The summed E-state index contributed by atoms with van der Waals surface area (Å²) in [5.41, 5.74) is 2.23. The summed E-state index contributed by atoms with van der Waals surface area (Å²) in [6.07, 6.45) is 3.49. The Morgan fingerprint density at radius 2 is 1.86 bits per heavy atom. The highest BCUT2D eigenvalue weighted by Gasteiger charge is 2.34. The number of nitrogens with zero attached hydrogens (tertiary/aromatic N) is 2. The Labute approximate surface area is 172 Å². The topological polar surface area (TPSA) is 44.7 Å². The number of rotatable bonds is 7. The van der Waals surface area contributed by atoms with Crippen molar-refractivity contribution in [3.63, 3.8) is 0 Å². The molecule has 2 aromatic carbocycles. The highest BCUT2D eigenvalue weighted by molar-refractivity contribution is 5.94. The van der Waals surface area contributed by atoms with Crippen LogP contribution in [0, 0.1) is 5.82 Å². The Morgan fingerprint density at radius 1 is 1.17 bits per heavy atom. The molecule has 1 N–H and O–H groups in total. The lowest BCUT2D eigenvalue weighted by Gasteiger charge is -2.28. The molecule has 1 heterocycles. The molecule has 0 spiro atoms. The van der Waals surface area contributed by atoms with Gasteiger partial charge in [0.05, 0.1) is 6.54 Å². The van der Waals surface area contributed by atoms with E-state index in [1.165, 1.54) is 11.1 Å². The summed E-state index contributed by atoms with van der Waals surface area (Å²) in [6, 6.07) is 16.6. The van der Waals surface area contributed by atoms with Crippen LogP contribution < -0.4 is 5.32 Å². The molecule has 0 saturated carbocycles. The predicted octanol–water partition coefficient (Wildman–Crippen LogP) is 5.50. The highest BCUT2D eigenvalue weighted by atomic mass is 19.1. The summed E-state index contributed by atoms with van der Waals surface area (Å²) in [4.78, 5) is 12.9. The van der Waals surface area contributed by atoms with Crippen molar-refractivity contribution >= 4 is 11.7 Å². The van der Waals surface area contributed by atoms with Gasteiger partial charge in [0, 0.05) is 17.2 Å². The molecule has 0 saturated heterocycles. The Balaban J connectivity index is 1.73. The largest absolute Gasteiger partial charge is 0.338 e. The van der Waals surface area contributed by atoms with E-state index in [1.807, 2.05) is 38.1 Å². The third-order valence-corrected chi connectivity index (χ3v) is 5.24. The average molecular weight is 396 g/mol. The second-order valence-corrected chi connectivity index (χ2v) is 8.33. The van der Waals surface area contributed by atoms with E-state index in [2.05, 4.69) is 29.5 Å². The van der Waals surface area contributed by atoms with Crippen LogP contribution in [0.15, 0.2) is 59.7 Å². The van der Waals surface area contributed by atoms with Crippen molar-refractivity contribution in [3.05, 3.63) is 71.5 Å². The zero-order chi connectivity index (χ0) is 20.9. The maximum Gasteiger partial charge on any atom is 0.338 e. The number of unbranched alkanes of at least 4 members (excludes halogenated alkanes) is 1. The molecule has 1 unspecified atom stereocenters. The van der Waals surface area contributed by atoms with Crippen LogP contribution >= 0.6 is 0 Å². The quantitative estimate of drug-likeness (QED) is 0.661. The maximum atomic E-state index is 14.4. The number of hydrazone groups is 1. The molecule has 0 fully saturated rings. The molecule has 0 radical (unpaired) electrons. The van der Waals surface area contributed by atoms with Gasteiger partial charge in [0.1, 0.15) is 5.82 Å². The minimum absolute atomic E-state index is 0.189. The normalized spacial score (nSPS) is 16.6. The number of carbonyl (C=O) groups is 1. The molecule has 1 aliphatic heterocycles. The third-order valence-electron chi connectivity index (χ3n) is 5.24. The van der Waals surface area contributed by atoms with Crippen molar-refractivity contribution in [2.45, 2.75) is 57.9 Å². The maximum absolute atomic E-state index is 14.4. The Bertz CT molecular complexity index is 863. The van der Waals surface area contributed by atoms with Gasteiger partial charge in [-0.25, -0.2) is 14.2 Å². The fraction of sp³-hybridized carbons (Fsp3) is 0.417. The number of benzene rings is 2. The number of nitrogens with one attached hydrogen (secondary N) is 1. The molecule has 29 heavy (non-hydrogen) atoms. The van der Waals surface area contributed by atoms with Crippen LogP contribution in [0.25, 0.3) is 0 Å². The molecular weight excluding hydrogens is 365 g/mol. The van der Waals surface area contributed by atoms with E-state index < -0.39 is 5.54 Å². The van der Waals surface area contributed by atoms with Crippen molar-refractivity contribution in [2.75, 3.05) is 6.54 Å². The van der Waals surface area contributed by atoms with Crippen LogP contribution in [-0.2, 0) is 6.42 Å². The summed E-state index contributed by atoms with van der Waals surface area (Å²) in [5.74, 6) is -0.431. The van der Waals surface area contributed by atoms with Gasteiger partial charge >= 0.3 is 6.03 Å². The number of hydrogen-bond acceptors (Lipinski definition) is 2. The zero-order valence-corrected chi connectivity index (χ0v) is 17.5.